The number of benzene rings is 1. The van der Waals surface area contributed by atoms with E-state index in [-0.39, 0.29) is 36.4 Å². The summed E-state index contributed by atoms with van der Waals surface area (Å²) in [5.74, 6) is -2.13. The zero-order chi connectivity index (χ0) is 20.7. The second-order valence-corrected chi connectivity index (χ2v) is 6.95. The first-order valence-corrected chi connectivity index (χ1v) is 9.29. The van der Waals surface area contributed by atoms with E-state index in [1.165, 1.54) is 17.1 Å². The summed E-state index contributed by atoms with van der Waals surface area (Å²) in [6, 6.07) is 5.16. The van der Waals surface area contributed by atoms with E-state index < -0.39 is 36.1 Å². The maximum atomic E-state index is 13.4. The second-order valence-electron chi connectivity index (χ2n) is 6.95. The number of carbonyl (C=O) groups excluding carboxylic acids is 5. The van der Waals surface area contributed by atoms with Crippen molar-refractivity contribution in [3.05, 3.63) is 35.4 Å². The van der Waals surface area contributed by atoms with Gasteiger partial charge in [0.25, 0.3) is 17.7 Å². The molecule has 3 aliphatic rings. The van der Waals surface area contributed by atoms with Crippen LogP contribution in [0.15, 0.2) is 24.3 Å². The third-order valence-electron chi connectivity index (χ3n) is 5.32. The van der Waals surface area contributed by atoms with Crippen molar-refractivity contribution in [3.8, 4) is 0 Å². The minimum atomic E-state index is -1.17. The number of ether oxygens (including phenoxy) is 2. The van der Waals surface area contributed by atoms with E-state index in [1.807, 2.05) is 0 Å². The maximum absolute atomic E-state index is 13.4. The number of hydrogen-bond donors (Lipinski definition) is 0. The lowest BCUT2D eigenvalue weighted by atomic mass is 10.1. The molecule has 1 unspecified atom stereocenters. The SMILES string of the molecule is COC(=O)O[C@@H]1CCCN2C(=O)CCC(N3C(=O)c4ccccc4C3=O)C(=O)N12. The van der Waals surface area contributed by atoms with Gasteiger partial charge in [0.1, 0.15) is 6.04 Å². The Morgan fingerprint density at radius 3 is 2.31 bits per heavy atom. The van der Waals surface area contributed by atoms with Crippen LogP contribution in [0.5, 0.6) is 0 Å². The summed E-state index contributed by atoms with van der Waals surface area (Å²) >= 11 is 0. The highest BCUT2D eigenvalue weighted by Crippen LogP contribution is 2.31. The van der Waals surface area contributed by atoms with Gasteiger partial charge in [-0.05, 0) is 25.0 Å². The maximum Gasteiger partial charge on any atom is 0.509 e. The molecule has 0 aliphatic carbocycles. The number of hydrazine groups is 1. The molecular weight excluding hydrogens is 382 g/mol. The van der Waals surface area contributed by atoms with Gasteiger partial charge in [-0.1, -0.05) is 12.1 Å². The van der Waals surface area contributed by atoms with Gasteiger partial charge in [0.05, 0.1) is 18.2 Å². The Kier molecular flexibility index (Phi) is 4.69. The molecule has 1 aromatic carbocycles. The first-order valence-electron chi connectivity index (χ1n) is 9.29. The largest absolute Gasteiger partial charge is 0.509 e. The van der Waals surface area contributed by atoms with Gasteiger partial charge in [-0.15, -0.1) is 0 Å². The highest BCUT2D eigenvalue weighted by atomic mass is 16.7. The van der Waals surface area contributed by atoms with E-state index >= 15 is 0 Å². The Labute approximate surface area is 165 Å². The summed E-state index contributed by atoms with van der Waals surface area (Å²) in [7, 11) is 1.14. The van der Waals surface area contributed by atoms with Gasteiger partial charge < -0.3 is 9.47 Å². The van der Waals surface area contributed by atoms with Crippen LogP contribution in [0.3, 0.4) is 0 Å². The predicted molar refractivity (Wildman–Crippen MR) is 95.0 cm³/mol. The molecule has 3 aliphatic heterocycles. The average molecular weight is 401 g/mol. The summed E-state index contributed by atoms with van der Waals surface area (Å²) in [5.41, 5.74) is 0.442. The number of fused-ring (bicyclic) bond motifs is 2. The van der Waals surface area contributed by atoms with E-state index in [0.29, 0.717) is 12.8 Å². The van der Waals surface area contributed by atoms with Crippen molar-refractivity contribution in [2.24, 2.45) is 0 Å². The molecule has 4 rings (SSSR count). The lowest BCUT2D eigenvalue weighted by Gasteiger charge is -2.42. The van der Waals surface area contributed by atoms with Crippen molar-refractivity contribution < 1.29 is 33.4 Å². The van der Waals surface area contributed by atoms with Crippen LogP contribution in [0.4, 0.5) is 4.79 Å². The van der Waals surface area contributed by atoms with Crippen LogP contribution >= 0.6 is 0 Å². The van der Waals surface area contributed by atoms with E-state index in [0.717, 1.165) is 17.0 Å². The summed E-state index contributed by atoms with van der Waals surface area (Å²) in [6.45, 7) is 0.278. The molecule has 0 N–H and O–H groups in total. The molecule has 0 bridgehead atoms. The lowest BCUT2D eigenvalue weighted by Crippen LogP contribution is -2.61. The van der Waals surface area contributed by atoms with E-state index in [4.69, 9.17) is 4.74 Å². The molecule has 0 aromatic heterocycles. The molecule has 29 heavy (non-hydrogen) atoms. The first kappa shape index (κ1) is 18.9. The third-order valence-corrected chi connectivity index (χ3v) is 5.32. The number of carbonyl (C=O) groups is 5. The molecule has 2 saturated heterocycles. The number of nitrogens with zero attached hydrogens (tertiary/aromatic N) is 3. The van der Waals surface area contributed by atoms with Gasteiger partial charge in [0.15, 0.2) is 6.23 Å². The van der Waals surface area contributed by atoms with Gasteiger partial charge >= 0.3 is 6.16 Å². The van der Waals surface area contributed by atoms with Crippen LogP contribution < -0.4 is 0 Å². The minimum Gasteiger partial charge on any atom is -0.438 e. The molecule has 0 spiro atoms. The van der Waals surface area contributed by atoms with Gasteiger partial charge in [-0.3, -0.25) is 24.1 Å². The number of amides is 4. The van der Waals surface area contributed by atoms with Crippen LogP contribution in [0, 0.1) is 0 Å². The Balaban J connectivity index is 1.68. The molecule has 10 heteroatoms. The third kappa shape index (κ3) is 3.00. The van der Waals surface area contributed by atoms with Gasteiger partial charge in [-0.25, -0.2) is 14.8 Å². The Hall–Kier alpha value is -3.43. The molecule has 3 heterocycles. The second kappa shape index (κ2) is 7.19. The fraction of sp³-hybridized carbons (Fsp3) is 0.421. The molecule has 0 radical (unpaired) electrons. The molecule has 2 fully saturated rings. The van der Waals surface area contributed by atoms with E-state index in [9.17, 15) is 24.0 Å². The van der Waals surface area contributed by atoms with Crippen LogP contribution in [-0.2, 0) is 19.1 Å². The quantitative estimate of drug-likeness (QED) is 0.535. The highest BCUT2D eigenvalue weighted by Gasteiger charge is 2.49. The van der Waals surface area contributed by atoms with Crippen molar-refractivity contribution in [3.63, 3.8) is 0 Å². The summed E-state index contributed by atoms with van der Waals surface area (Å²) in [6.07, 6.45) is -1.23. The van der Waals surface area contributed by atoms with Gasteiger partial charge in [-0.2, -0.15) is 0 Å². The number of hydrogen-bond acceptors (Lipinski definition) is 7. The molecule has 4 amide bonds. The van der Waals surface area contributed by atoms with Crippen LogP contribution in [0.25, 0.3) is 0 Å². The molecule has 0 saturated carbocycles. The smallest absolute Gasteiger partial charge is 0.438 e. The van der Waals surface area contributed by atoms with Crippen molar-refractivity contribution in [2.45, 2.75) is 38.0 Å². The topological polar surface area (TPSA) is 114 Å². The van der Waals surface area contributed by atoms with Crippen molar-refractivity contribution >= 4 is 29.8 Å². The highest BCUT2D eigenvalue weighted by molar-refractivity contribution is 6.23. The molecular formula is C19H19N3O7. The van der Waals surface area contributed by atoms with Crippen LogP contribution in [-0.4, -0.2) is 70.6 Å². The number of imide groups is 1. The predicted octanol–water partition coefficient (Wildman–Crippen LogP) is 0.920. The Morgan fingerprint density at radius 1 is 1.03 bits per heavy atom. The Bertz CT molecular complexity index is 880. The fourth-order valence-corrected chi connectivity index (χ4v) is 3.97. The zero-order valence-corrected chi connectivity index (χ0v) is 15.7. The summed E-state index contributed by atoms with van der Waals surface area (Å²) < 4.78 is 9.68. The number of methoxy groups -OCH3 is 1. The van der Waals surface area contributed by atoms with Gasteiger partial charge in [0.2, 0.25) is 5.91 Å². The van der Waals surface area contributed by atoms with Crippen molar-refractivity contribution in [2.75, 3.05) is 13.7 Å². The van der Waals surface area contributed by atoms with E-state index in [1.54, 1.807) is 12.1 Å². The standard InChI is InChI=1S/C19H19N3O7/c1-28-19(27)29-15-7-4-10-20-14(23)9-8-13(18(26)22(15)20)21-16(24)11-5-2-3-6-12(11)17(21)25/h2-3,5-6,13,15H,4,7-10H2,1H3/t13?,15-/m1/s1. The summed E-state index contributed by atoms with van der Waals surface area (Å²) in [4.78, 5) is 64.2. The molecule has 152 valence electrons. The molecule has 2 atom stereocenters. The monoisotopic (exact) mass is 401 g/mol. The Morgan fingerprint density at radius 2 is 1.69 bits per heavy atom. The molecule has 1 aromatic rings. The number of rotatable bonds is 2. The first-order chi connectivity index (χ1) is 13.9. The van der Waals surface area contributed by atoms with Crippen molar-refractivity contribution in [1.29, 1.82) is 0 Å². The van der Waals surface area contributed by atoms with Crippen LogP contribution in [0.1, 0.15) is 46.4 Å². The van der Waals surface area contributed by atoms with E-state index in [2.05, 4.69) is 4.74 Å². The van der Waals surface area contributed by atoms with Gasteiger partial charge in [0, 0.05) is 19.4 Å². The fourth-order valence-electron chi connectivity index (χ4n) is 3.97. The van der Waals surface area contributed by atoms with Crippen molar-refractivity contribution in [1.82, 2.24) is 14.9 Å². The van der Waals surface area contributed by atoms with Crippen LogP contribution in [0.2, 0.25) is 0 Å². The summed E-state index contributed by atoms with van der Waals surface area (Å²) in [5, 5.41) is 2.29. The zero-order valence-electron chi connectivity index (χ0n) is 15.7. The normalized spacial score (nSPS) is 24.2. The average Bonchev–Trinajstić information content (AvgIpc) is 2.90. The minimum absolute atomic E-state index is 0.00107. The molecule has 10 nitrogen and oxygen atoms in total. The lowest BCUT2D eigenvalue weighted by molar-refractivity contribution is -0.197.